The van der Waals surface area contributed by atoms with Gasteiger partial charge in [0.2, 0.25) is 0 Å². The number of nitrogens with one attached hydrogen (secondary N) is 1. The van der Waals surface area contributed by atoms with Crippen LogP contribution in [-0.2, 0) is 0 Å². The number of aryl methyl sites for hydroxylation is 1. The number of hydrogen-bond donors (Lipinski definition) is 1. The van der Waals surface area contributed by atoms with Crippen molar-refractivity contribution >= 4 is 5.82 Å². The van der Waals surface area contributed by atoms with E-state index in [1.807, 2.05) is 0 Å². The van der Waals surface area contributed by atoms with Gasteiger partial charge >= 0.3 is 0 Å². The maximum absolute atomic E-state index is 4.65. The highest BCUT2D eigenvalue weighted by Gasteiger charge is 2.20. The van der Waals surface area contributed by atoms with Crippen LogP contribution in [-0.4, -0.2) is 24.6 Å². The van der Waals surface area contributed by atoms with Gasteiger partial charge in [-0.15, -0.1) is 0 Å². The lowest BCUT2D eigenvalue weighted by Gasteiger charge is -2.19. The van der Waals surface area contributed by atoms with Crippen LogP contribution in [0.5, 0.6) is 0 Å². The highest BCUT2D eigenvalue weighted by Crippen LogP contribution is 2.28. The first-order valence-corrected chi connectivity index (χ1v) is 6.79. The fourth-order valence-corrected chi connectivity index (χ4v) is 2.99. The molecule has 2 fully saturated rings. The van der Waals surface area contributed by atoms with E-state index >= 15 is 0 Å². The minimum Gasteiger partial charge on any atom is -0.357 e. The van der Waals surface area contributed by atoms with Gasteiger partial charge in [0.05, 0.1) is 0 Å². The van der Waals surface area contributed by atoms with Crippen molar-refractivity contribution in [1.29, 1.82) is 0 Å². The molecule has 0 spiro atoms. The molecule has 2 aliphatic heterocycles. The molecule has 0 aliphatic carbocycles. The Labute approximate surface area is 103 Å². The van der Waals surface area contributed by atoms with Crippen LogP contribution < -0.4 is 10.2 Å². The average molecular weight is 231 g/mol. The molecule has 1 aromatic rings. The molecule has 3 heterocycles. The van der Waals surface area contributed by atoms with Crippen LogP contribution in [0.25, 0.3) is 0 Å². The largest absolute Gasteiger partial charge is 0.357 e. The van der Waals surface area contributed by atoms with E-state index < -0.39 is 0 Å². The third-order valence-electron chi connectivity index (χ3n) is 4.00. The fraction of sp³-hybridized carbons (Fsp3) is 0.643. The van der Waals surface area contributed by atoms with Crippen LogP contribution in [0.15, 0.2) is 12.3 Å². The summed E-state index contributed by atoms with van der Waals surface area (Å²) in [4.78, 5) is 7.05. The van der Waals surface area contributed by atoms with Crippen molar-refractivity contribution in [2.45, 2.75) is 38.6 Å². The molecule has 17 heavy (non-hydrogen) atoms. The Morgan fingerprint density at radius 2 is 2.12 bits per heavy atom. The van der Waals surface area contributed by atoms with Crippen molar-refractivity contribution in [2.24, 2.45) is 0 Å². The predicted molar refractivity (Wildman–Crippen MR) is 70.4 cm³/mol. The van der Waals surface area contributed by atoms with E-state index in [4.69, 9.17) is 0 Å². The molecule has 3 heteroatoms. The summed E-state index contributed by atoms with van der Waals surface area (Å²) in [5, 5.41) is 3.55. The molecule has 3 rings (SSSR count). The number of aromatic nitrogens is 1. The van der Waals surface area contributed by atoms with Gasteiger partial charge in [-0.3, -0.25) is 0 Å². The van der Waals surface area contributed by atoms with Crippen LogP contribution >= 0.6 is 0 Å². The van der Waals surface area contributed by atoms with Crippen LogP contribution in [0.1, 0.15) is 42.9 Å². The van der Waals surface area contributed by atoms with Gasteiger partial charge in [-0.2, -0.15) is 0 Å². The molecular weight excluding hydrogens is 210 g/mol. The van der Waals surface area contributed by atoms with Crippen molar-refractivity contribution in [3.63, 3.8) is 0 Å². The summed E-state index contributed by atoms with van der Waals surface area (Å²) in [5.74, 6) is 1.17. The van der Waals surface area contributed by atoms with Gasteiger partial charge in [0.1, 0.15) is 5.82 Å². The summed E-state index contributed by atoms with van der Waals surface area (Å²) in [5.41, 5.74) is 2.78. The Morgan fingerprint density at radius 3 is 2.76 bits per heavy atom. The van der Waals surface area contributed by atoms with Gasteiger partial charge in [0.15, 0.2) is 0 Å². The van der Waals surface area contributed by atoms with Crippen LogP contribution in [0, 0.1) is 6.92 Å². The standard InChI is InChI=1S/C14H21N3/c1-11-9-14(17-7-2-3-8-17)16-10-12(11)13-5-4-6-15-13/h9-10,13,15H,2-8H2,1H3. The summed E-state index contributed by atoms with van der Waals surface area (Å²) in [6, 6.07) is 2.80. The third kappa shape index (κ3) is 2.16. The Kier molecular flexibility index (Phi) is 3.02. The van der Waals surface area contributed by atoms with Gasteiger partial charge in [0, 0.05) is 25.3 Å². The smallest absolute Gasteiger partial charge is 0.128 e. The Morgan fingerprint density at radius 1 is 1.29 bits per heavy atom. The average Bonchev–Trinajstić information content (AvgIpc) is 3.02. The molecule has 0 bridgehead atoms. The van der Waals surface area contributed by atoms with Crippen molar-refractivity contribution in [2.75, 3.05) is 24.5 Å². The van der Waals surface area contributed by atoms with Crippen LogP contribution in [0.3, 0.4) is 0 Å². The minimum atomic E-state index is 0.537. The van der Waals surface area contributed by atoms with Crippen molar-refractivity contribution in [3.8, 4) is 0 Å². The molecule has 3 nitrogen and oxygen atoms in total. The molecule has 1 aromatic heterocycles. The summed E-state index contributed by atoms with van der Waals surface area (Å²) in [6.07, 6.45) is 7.26. The second-order valence-corrected chi connectivity index (χ2v) is 5.24. The lowest BCUT2D eigenvalue weighted by atomic mass is 10.0. The van der Waals surface area contributed by atoms with Crippen molar-refractivity contribution < 1.29 is 0 Å². The van der Waals surface area contributed by atoms with E-state index in [1.54, 1.807) is 0 Å². The van der Waals surface area contributed by atoms with E-state index in [9.17, 15) is 0 Å². The van der Waals surface area contributed by atoms with E-state index in [-0.39, 0.29) is 0 Å². The zero-order valence-corrected chi connectivity index (χ0v) is 10.6. The topological polar surface area (TPSA) is 28.2 Å². The van der Waals surface area contributed by atoms with Crippen LogP contribution in [0.2, 0.25) is 0 Å². The summed E-state index contributed by atoms with van der Waals surface area (Å²) >= 11 is 0. The van der Waals surface area contributed by atoms with E-state index in [0.717, 1.165) is 6.54 Å². The molecule has 0 aromatic carbocycles. The predicted octanol–water partition coefficient (Wildman–Crippen LogP) is 2.41. The van der Waals surface area contributed by atoms with Crippen molar-refractivity contribution in [1.82, 2.24) is 10.3 Å². The van der Waals surface area contributed by atoms with Gasteiger partial charge in [0.25, 0.3) is 0 Å². The number of rotatable bonds is 2. The molecule has 2 aliphatic rings. The molecule has 92 valence electrons. The normalized spacial score (nSPS) is 24.5. The Balaban J connectivity index is 1.82. The minimum absolute atomic E-state index is 0.537. The van der Waals surface area contributed by atoms with Crippen molar-refractivity contribution in [3.05, 3.63) is 23.4 Å². The van der Waals surface area contributed by atoms with E-state index in [0.29, 0.717) is 6.04 Å². The number of hydrogen-bond acceptors (Lipinski definition) is 3. The first-order valence-electron chi connectivity index (χ1n) is 6.79. The molecule has 0 saturated carbocycles. The quantitative estimate of drug-likeness (QED) is 0.847. The maximum atomic E-state index is 4.65. The second kappa shape index (κ2) is 4.65. The van der Waals surface area contributed by atoms with E-state index in [2.05, 4.69) is 34.4 Å². The van der Waals surface area contributed by atoms with Gasteiger partial charge in [-0.1, -0.05) is 0 Å². The Bertz CT molecular complexity index is 390. The molecule has 0 amide bonds. The highest BCUT2D eigenvalue weighted by atomic mass is 15.2. The summed E-state index contributed by atoms with van der Waals surface area (Å²) < 4.78 is 0. The molecular formula is C14H21N3. The molecule has 1 atom stereocenters. The summed E-state index contributed by atoms with van der Waals surface area (Å²) in [7, 11) is 0. The lowest BCUT2D eigenvalue weighted by Crippen LogP contribution is -2.20. The maximum Gasteiger partial charge on any atom is 0.128 e. The highest BCUT2D eigenvalue weighted by molar-refractivity contribution is 5.45. The number of pyridine rings is 1. The molecule has 2 saturated heterocycles. The zero-order valence-electron chi connectivity index (χ0n) is 10.6. The first-order chi connectivity index (χ1) is 8.34. The van der Waals surface area contributed by atoms with Gasteiger partial charge in [-0.05, 0) is 56.3 Å². The van der Waals surface area contributed by atoms with Gasteiger partial charge < -0.3 is 10.2 Å². The number of anilines is 1. The van der Waals surface area contributed by atoms with E-state index in [1.165, 1.54) is 55.7 Å². The zero-order chi connectivity index (χ0) is 11.7. The van der Waals surface area contributed by atoms with Gasteiger partial charge in [-0.25, -0.2) is 4.98 Å². The molecule has 0 radical (unpaired) electrons. The lowest BCUT2D eigenvalue weighted by molar-refractivity contribution is 0.640. The fourth-order valence-electron chi connectivity index (χ4n) is 2.99. The second-order valence-electron chi connectivity index (χ2n) is 5.24. The first kappa shape index (κ1) is 11.0. The molecule has 1 unspecified atom stereocenters. The third-order valence-corrected chi connectivity index (χ3v) is 4.00. The van der Waals surface area contributed by atoms with Crippen LogP contribution in [0.4, 0.5) is 5.82 Å². The Hall–Kier alpha value is -1.09. The summed E-state index contributed by atoms with van der Waals surface area (Å²) in [6.45, 7) is 5.72. The number of nitrogens with zero attached hydrogens (tertiary/aromatic N) is 2. The monoisotopic (exact) mass is 231 g/mol. The molecule has 1 N–H and O–H groups in total. The SMILES string of the molecule is Cc1cc(N2CCCC2)ncc1C1CCCN1.